The summed E-state index contributed by atoms with van der Waals surface area (Å²) in [6.07, 6.45) is 1.28. The van der Waals surface area contributed by atoms with Crippen LogP contribution in [0.25, 0.3) is 0 Å². The molecule has 1 aromatic rings. The minimum Gasteiger partial charge on any atom is -0.367 e. The average molecular weight is 264 g/mol. The molecule has 0 saturated carbocycles. The van der Waals surface area contributed by atoms with Crippen LogP contribution >= 0.6 is 11.3 Å². The number of carbonyl (C=O) groups excluding carboxylic acids is 1. The van der Waals surface area contributed by atoms with Crippen molar-refractivity contribution in [1.29, 1.82) is 0 Å². The van der Waals surface area contributed by atoms with Crippen LogP contribution in [-0.2, 0) is 14.6 Å². The Hall–Kier alpha value is -0.990. The third kappa shape index (κ3) is 1.72. The molecule has 0 aliphatic rings. The Morgan fingerprint density at radius 1 is 1.62 bits per heavy atom. The molecule has 3 N–H and O–H groups in total. The second-order valence-electron chi connectivity index (χ2n) is 3.52. The van der Waals surface area contributed by atoms with Crippen LogP contribution in [0.3, 0.4) is 0 Å². The van der Waals surface area contributed by atoms with Gasteiger partial charge in [-0.15, -0.1) is 11.3 Å². The quantitative estimate of drug-likeness (QED) is 0.779. The maximum atomic E-state index is 12.0. The van der Waals surface area contributed by atoms with Gasteiger partial charge in [-0.25, -0.2) is 13.4 Å². The first kappa shape index (κ1) is 13.1. The highest BCUT2D eigenvalue weighted by molar-refractivity contribution is 7.95. The number of nitrogens with zero attached hydrogens (tertiary/aromatic N) is 1. The first-order chi connectivity index (χ1) is 7.24. The topological polar surface area (TPSA) is 110 Å². The molecule has 0 fully saturated rings. The van der Waals surface area contributed by atoms with Crippen LogP contribution in [0.1, 0.15) is 13.8 Å². The lowest BCUT2D eigenvalue weighted by Crippen LogP contribution is -2.54. The summed E-state index contributed by atoms with van der Waals surface area (Å²) in [5, 5.41) is 11.4. The highest BCUT2D eigenvalue weighted by atomic mass is 32.2. The lowest BCUT2D eigenvalue weighted by Gasteiger charge is -2.26. The molecule has 1 aromatic heterocycles. The van der Waals surface area contributed by atoms with Crippen LogP contribution in [-0.4, -0.2) is 29.3 Å². The molecule has 0 bridgehead atoms. The summed E-state index contributed by atoms with van der Waals surface area (Å²) >= 11 is 0.825. The van der Waals surface area contributed by atoms with Gasteiger partial charge in [0.15, 0.2) is 0 Å². The zero-order valence-corrected chi connectivity index (χ0v) is 10.4. The van der Waals surface area contributed by atoms with Crippen LogP contribution in [0.2, 0.25) is 0 Å². The van der Waals surface area contributed by atoms with Crippen molar-refractivity contribution < 1.29 is 18.3 Å². The van der Waals surface area contributed by atoms with Gasteiger partial charge in [-0.1, -0.05) is 13.8 Å². The molecule has 6 nitrogen and oxygen atoms in total. The lowest BCUT2D eigenvalue weighted by molar-refractivity contribution is -0.131. The summed E-state index contributed by atoms with van der Waals surface area (Å²) in [5.41, 5.74) is 4.97. The van der Waals surface area contributed by atoms with Crippen molar-refractivity contribution >= 4 is 27.1 Å². The Balaban J connectivity index is 3.41. The van der Waals surface area contributed by atoms with E-state index in [2.05, 4.69) is 4.98 Å². The molecular weight excluding hydrogens is 252 g/mol. The highest BCUT2D eigenvalue weighted by Gasteiger charge is 2.52. The summed E-state index contributed by atoms with van der Waals surface area (Å²) < 4.78 is 23.7. The number of rotatable bonds is 4. The van der Waals surface area contributed by atoms with Crippen LogP contribution in [0.5, 0.6) is 0 Å². The lowest BCUT2D eigenvalue weighted by atomic mass is 10.1. The number of nitrogens with two attached hydrogens (primary N) is 1. The third-order valence-electron chi connectivity index (χ3n) is 2.18. The van der Waals surface area contributed by atoms with Crippen LogP contribution in [0, 0.1) is 5.92 Å². The molecule has 1 atom stereocenters. The largest absolute Gasteiger partial charge is 0.367 e. The molecule has 0 saturated heterocycles. The monoisotopic (exact) mass is 264 g/mol. The molecule has 1 heterocycles. The van der Waals surface area contributed by atoms with Gasteiger partial charge < -0.3 is 10.8 Å². The number of aliphatic hydroxyl groups is 1. The number of hydrogen-bond acceptors (Lipinski definition) is 6. The number of hydrogen-bond donors (Lipinski definition) is 2. The van der Waals surface area contributed by atoms with Crippen molar-refractivity contribution in [3.05, 3.63) is 11.6 Å². The SMILES string of the molecule is CC(C)C(O)(C(N)=O)S(=O)(=O)c1nccs1. The standard InChI is InChI=1S/C8H12N2O4S2/c1-5(2)8(12,6(9)11)16(13,14)7-10-3-4-15-7/h3-5,12H,1-2H3,(H2,9,11). The molecular formula is C8H12N2O4S2. The summed E-state index contributed by atoms with van der Waals surface area (Å²) in [6.45, 7) is 2.80. The Morgan fingerprint density at radius 3 is 2.50 bits per heavy atom. The van der Waals surface area contributed by atoms with Gasteiger partial charge >= 0.3 is 0 Å². The van der Waals surface area contributed by atoms with Crippen molar-refractivity contribution in [1.82, 2.24) is 4.98 Å². The molecule has 1 unspecified atom stereocenters. The molecule has 0 aliphatic heterocycles. The summed E-state index contributed by atoms with van der Waals surface area (Å²) in [6, 6.07) is 0. The Bertz CT molecular complexity index is 480. The molecule has 8 heteroatoms. The van der Waals surface area contributed by atoms with Crippen molar-refractivity contribution in [2.75, 3.05) is 0 Å². The van der Waals surface area contributed by atoms with Gasteiger partial charge in [-0.3, -0.25) is 4.79 Å². The van der Waals surface area contributed by atoms with E-state index in [-0.39, 0.29) is 4.34 Å². The number of primary amides is 1. The fourth-order valence-corrected chi connectivity index (χ4v) is 3.97. The smallest absolute Gasteiger partial charge is 0.266 e. The maximum absolute atomic E-state index is 12.0. The van der Waals surface area contributed by atoms with Gasteiger partial charge in [0.05, 0.1) is 0 Å². The van der Waals surface area contributed by atoms with E-state index in [1.807, 2.05) is 0 Å². The second-order valence-corrected chi connectivity index (χ2v) is 6.69. The predicted molar refractivity (Wildman–Crippen MR) is 58.3 cm³/mol. The van der Waals surface area contributed by atoms with Gasteiger partial charge in [-0.05, 0) is 0 Å². The van der Waals surface area contributed by atoms with E-state index >= 15 is 0 Å². The summed E-state index contributed by atoms with van der Waals surface area (Å²) in [5.74, 6) is -2.16. The maximum Gasteiger partial charge on any atom is 0.266 e. The molecule has 1 rings (SSSR count). The van der Waals surface area contributed by atoms with Crippen molar-refractivity contribution in [2.45, 2.75) is 23.1 Å². The summed E-state index contributed by atoms with van der Waals surface area (Å²) in [7, 11) is -4.27. The fraction of sp³-hybridized carbons (Fsp3) is 0.500. The first-order valence-electron chi connectivity index (χ1n) is 4.41. The first-order valence-corrected chi connectivity index (χ1v) is 6.77. The van der Waals surface area contributed by atoms with Gasteiger partial charge in [0.25, 0.3) is 10.8 Å². The zero-order chi connectivity index (χ0) is 12.6. The summed E-state index contributed by atoms with van der Waals surface area (Å²) in [4.78, 5) is 12.1. The predicted octanol–water partition coefficient (Wildman–Crippen LogP) is -0.253. The van der Waals surface area contributed by atoms with Crippen molar-refractivity contribution in [3.8, 4) is 0 Å². The van der Waals surface area contributed by atoms with E-state index in [1.165, 1.54) is 25.4 Å². The highest BCUT2D eigenvalue weighted by Crippen LogP contribution is 2.31. The molecule has 0 spiro atoms. The molecule has 90 valence electrons. The Morgan fingerprint density at radius 2 is 2.19 bits per heavy atom. The van der Waals surface area contributed by atoms with Gasteiger partial charge in [0.1, 0.15) is 0 Å². The third-order valence-corrected chi connectivity index (χ3v) is 5.75. The normalized spacial score (nSPS) is 16.0. The van der Waals surface area contributed by atoms with E-state index in [0.29, 0.717) is 0 Å². The van der Waals surface area contributed by atoms with Gasteiger partial charge in [0, 0.05) is 17.5 Å². The molecule has 0 aromatic carbocycles. The number of aromatic nitrogens is 1. The fourth-order valence-electron chi connectivity index (χ4n) is 1.20. The van der Waals surface area contributed by atoms with Crippen LogP contribution in [0.4, 0.5) is 0 Å². The van der Waals surface area contributed by atoms with E-state index in [9.17, 15) is 18.3 Å². The zero-order valence-electron chi connectivity index (χ0n) is 8.75. The van der Waals surface area contributed by atoms with Crippen molar-refractivity contribution in [2.24, 2.45) is 11.7 Å². The van der Waals surface area contributed by atoms with Crippen LogP contribution < -0.4 is 5.73 Å². The number of thiazole rings is 1. The van der Waals surface area contributed by atoms with E-state index in [4.69, 9.17) is 5.73 Å². The van der Waals surface area contributed by atoms with E-state index in [1.54, 1.807) is 0 Å². The molecule has 0 aliphatic carbocycles. The van der Waals surface area contributed by atoms with Crippen LogP contribution in [0.15, 0.2) is 15.9 Å². The molecule has 0 radical (unpaired) electrons. The van der Waals surface area contributed by atoms with E-state index < -0.39 is 26.6 Å². The van der Waals surface area contributed by atoms with Crippen molar-refractivity contribution in [3.63, 3.8) is 0 Å². The minimum absolute atomic E-state index is 0.317. The second kappa shape index (κ2) is 4.11. The van der Waals surface area contributed by atoms with Gasteiger partial charge in [-0.2, -0.15) is 0 Å². The number of amides is 1. The number of carbonyl (C=O) groups is 1. The number of sulfone groups is 1. The average Bonchev–Trinajstić information content (AvgIpc) is 2.68. The minimum atomic E-state index is -4.27. The molecule has 1 amide bonds. The van der Waals surface area contributed by atoms with Gasteiger partial charge in [0.2, 0.25) is 14.2 Å². The molecule has 16 heavy (non-hydrogen) atoms. The van der Waals surface area contributed by atoms with E-state index in [0.717, 1.165) is 11.3 Å². The Labute approximate surface area is 97.0 Å². The Kier molecular flexibility index (Phi) is 3.36.